The van der Waals surface area contributed by atoms with Crippen LogP contribution in [0.2, 0.25) is 0 Å². The zero-order valence-corrected chi connectivity index (χ0v) is 13.7. The van der Waals surface area contributed by atoms with E-state index in [0.29, 0.717) is 6.42 Å². The topological polar surface area (TPSA) is 46.5 Å². The smallest absolute Gasteiger partial charge is 0.164 e. The monoisotopic (exact) mass is 318 g/mol. The first-order valence-electron chi connectivity index (χ1n) is 8.02. The van der Waals surface area contributed by atoms with Crippen LogP contribution in [0.1, 0.15) is 39.4 Å². The van der Waals surface area contributed by atoms with Crippen molar-refractivity contribution in [1.82, 2.24) is 0 Å². The third-order valence-electron chi connectivity index (χ3n) is 4.87. The molecule has 0 saturated carbocycles. The first-order valence-corrected chi connectivity index (χ1v) is 8.02. The SMILES string of the molecule is COc1ccc2c([C@H]3CC(=O)c4cc(C)ccc43)c(O)ccc2c1. The minimum atomic E-state index is -0.106. The number of carbonyl (C=O) groups excluding carboxylic acids is 1. The number of benzene rings is 3. The van der Waals surface area contributed by atoms with Crippen LogP contribution in [0.25, 0.3) is 10.8 Å². The molecule has 0 bridgehead atoms. The maximum absolute atomic E-state index is 12.4. The number of fused-ring (bicyclic) bond motifs is 2. The fourth-order valence-corrected chi connectivity index (χ4v) is 3.69. The van der Waals surface area contributed by atoms with Crippen molar-refractivity contribution in [3.05, 3.63) is 70.8 Å². The predicted octanol–water partition coefficient (Wildman–Crippen LogP) is 4.58. The lowest BCUT2D eigenvalue weighted by Crippen LogP contribution is -1.99. The second-order valence-corrected chi connectivity index (χ2v) is 6.36. The minimum Gasteiger partial charge on any atom is -0.508 e. The number of Topliss-reactive ketones (excluding diaryl/α,β-unsaturated/α-hetero) is 1. The molecule has 3 heteroatoms. The fourth-order valence-electron chi connectivity index (χ4n) is 3.69. The molecule has 0 unspecified atom stereocenters. The number of aromatic hydroxyl groups is 1. The van der Waals surface area contributed by atoms with Gasteiger partial charge in [0.1, 0.15) is 11.5 Å². The average molecular weight is 318 g/mol. The summed E-state index contributed by atoms with van der Waals surface area (Å²) in [5.74, 6) is 1.05. The van der Waals surface area contributed by atoms with Gasteiger partial charge in [-0.3, -0.25) is 4.79 Å². The van der Waals surface area contributed by atoms with Gasteiger partial charge in [-0.05, 0) is 47.5 Å². The Labute approximate surface area is 140 Å². The number of rotatable bonds is 2. The van der Waals surface area contributed by atoms with E-state index in [1.54, 1.807) is 13.2 Å². The first-order chi connectivity index (χ1) is 11.6. The average Bonchev–Trinajstić information content (AvgIpc) is 2.90. The van der Waals surface area contributed by atoms with Gasteiger partial charge in [-0.1, -0.05) is 29.8 Å². The molecular weight excluding hydrogens is 300 g/mol. The Morgan fingerprint density at radius 3 is 2.71 bits per heavy atom. The highest BCUT2D eigenvalue weighted by Crippen LogP contribution is 2.45. The quantitative estimate of drug-likeness (QED) is 0.752. The van der Waals surface area contributed by atoms with E-state index in [1.165, 1.54) is 0 Å². The van der Waals surface area contributed by atoms with Crippen molar-refractivity contribution in [3.63, 3.8) is 0 Å². The van der Waals surface area contributed by atoms with E-state index in [2.05, 4.69) is 0 Å². The van der Waals surface area contributed by atoms with Crippen LogP contribution in [0.5, 0.6) is 11.5 Å². The molecule has 0 aliphatic heterocycles. The standard InChI is InChI=1S/C21H18O3/c1-12-3-6-16-17(9-12)20(23)11-18(16)21-15-7-5-14(24-2)10-13(15)4-8-19(21)22/h3-10,18,22H,11H2,1-2H3/t18-/m0/s1. The lowest BCUT2D eigenvalue weighted by molar-refractivity contribution is 0.0991. The molecule has 0 heterocycles. The molecule has 0 radical (unpaired) electrons. The van der Waals surface area contributed by atoms with Gasteiger partial charge in [-0.25, -0.2) is 0 Å². The van der Waals surface area contributed by atoms with Crippen molar-refractivity contribution >= 4 is 16.6 Å². The van der Waals surface area contributed by atoms with Crippen molar-refractivity contribution in [2.75, 3.05) is 7.11 Å². The maximum Gasteiger partial charge on any atom is 0.164 e. The van der Waals surface area contributed by atoms with E-state index in [4.69, 9.17) is 4.74 Å². The van der Waals surface area contributed by atoms with E-state index in [0.717, 1.165) is 38.8 Å². The lowest BCUT2D eigenvalue weighted by atomic mass is 9.88. The Morgan fingerprint density at radius 1 is 1.08 bits per heavy atom. The summed E-state index contributed by atoms with van der Waals surface area (Å²) in [5, 5.41) is 12.5. The summed E-state index contributed by atoms with van der Waals surface area (Å²) in [5.41, 5.74) is 3.69. The maximum atomic E-state index is 12.4. The molecule has 120 valence electrons. The molecule has 1 aliphatic carbocycles. The molecular formula is C21H18O3. The summed E-state index contributed by atoms with van der Waals surface area (Å²) in [6.45, 7) is 1.99. The largest absolute Gasteiger partial charge is 0.508 e. The number of aryl methyl sites for hydroxylation is 1. The summed E-state index contributed by atoms with van der Waals surface area (Å²) >= 11 is 0. The Hall–Kier alpha value is -2.81. The van der Waals surface area contributed by atoms with Crippen molar-refractivity contribution in [2.24, 2.45) is 0 Å². The summed E-state index contributed by atoms with van der Waals surface area (Å²) < 4.78 is 5.29. The number of phenols is 1. The third-order valence-corrected chi connectivity index (χ3v) is 4.87. The second kappa shape index (κ2) is 5.38. The van der Waals surface area contributed by atoms with Gasteiger partial charge in [0.15, 0.2) is 5.78 Å². The summed E-state index contributed by atoms with van der Waals surface area (Å²) in [6.07, 6.45) is 0.400. The molecule has 0 fully saturated rings. The molecule has 24 heavy (non-hydrogen) atoms. The van der Waals surface area contributed by atoms with Crippen LogP contribution in [0.4, 0.5) is 0 Å². The van der Waals surface area contributed by atoms with Crippen molar-refractivity contribution in [3.8, 4) is 11.5 Å². The van der Waals surface area contributed by atoms with Crippen molar-refractivity contribution < 1.29 is 14.6 Å². The summed E-state index contributed by atoms with van der Waals surface area (Å²) in [6, 6.07) is 15.4. The second-order valence-electron chi connectivity index (χ2n) is 6.36. The van der Waals surface area contributed by atoms with Crippen LogP contribution in [-0.4, -0.2) is 18.0 Å². The zero-order valence-electron chi connectivity index (χ0n) is 13.7. The summed E-state index contributed by atoms with van der Waals surface area (Å²) in [4.78, 5) is 12.4. The van der Waals surface area contributed by atoms with Gasteiger partial charge < -0.3 is 9.84 Å². The molecule has 1 N–H and O–H groups in total. The third kappa shape index (κ3) is 2.16. The van der Waals surface area contributed by atoms with Crippen LogP contribution < -0.4 is 4.74 Å². The molecule has 4 rings (SSSR count). The highest BCUT2D eigenvalue weighted by atomic mass is 16.5. The van der Waals surface area contributed by atoms with Gasteiger partial charge in [0.25, 0.3) is 0 Å². The Balaban J connectivity index is 1.95. The number of methoxy groups -OCH3 is 1. The Morgan fingerprint density at radius 2 is 1.92 bits per heavy atom. The van der Waals surface area contributed by atoms with E-state index in [-0.39, 0.29) is 17.5 Å². The number of hydrogen-bond acceptors (Lipinski definition) is 3. The molecule has 1 atom stereocenters. The van der Waals surface area contributed by atoms with Gasteiger partial charge >= 0.3 is 0 Å². The number of ketones is 1. The van der Waals surface area contributed by atoms with Gasteiger partial charge in [-0.2, -0.15) is 0 Å². The summed E-state index contributed by atoms with van der Waals surface area (Å²) in [7, 11) is 1.64. The number of hydrogen-bond donors (Lipinski definition) is 1. The molecule has 0 amide bonds. The van der Waals surface area contributed by atoms with E-state index < -0.39 is 0 Å². The lowest BCUT2D eigenvalue weighted by Gasteiger charge is -2.17. The van der Waals surface area contributed by atoms with Crippen LogP contribution >= 0.6 is 0 Å². The van der Waals surface area contributed by atoms with Gasteiger partial charge in [0, 0.05) is 23.5 Å². The van der Waals surface area contributed by atoms with Crippen LogP contribution in [0, 0.1) is 6.92 Å². The Bertz CT molecular complexity index is 972. The van der Waals surface area contributed by atoms with Crippen LogP contribution in [0.15, 0.2) is 48.5 Å². The fraction of sp³-hybridized carbons (Fsp3) is 0.190. The van der Waals surface area contributed by atoms with Crippen molar-refractivity contribution in [1.29, 1.82) is 0 Å². The van der Waals surface area contributed by atoms with E-state index in [1.807, 2.05) is 49.4 Å². The van der Waals surface area contributed by atoms with E-state index in [9.17, 15) is 9.90 Å². The minimum absolute atomic E-state index is 0.106. The van der Waals surface area contributed by atoms with Gasteiger partial charge in [0.05, 0.1) is 7.11 Å². The molecule has 3 nitrogen and oxygen atoms in total. The molecule has 3 aromatic carbocycles. The normalized spacial score (nSPS) is 16.4. The van der Waals surface area contributed by atoms with E-state index >= 15 is 0 Å². The highest BCUT2D eigenvalue weighted by molar-refractivity contribution is 6.03. The predicted molar refractivity (Wildman–Crippen MR) is 94.1 cm³/mol. The molecule has 1 aliphatic rings. The number of ether oxygens (including phenoxy) is 1. The zero-order chi connectivity index (χ0) is 16.8. The molecule has 3 aromatic rings. The van der Waals surface area contributed by atoms with Crippen LogP contribution in [0.3, 0.4) is 0 Å². The highest BCUT2D eigenvalue weighted by Gasteiger charge is 2.33. The van der Waals surface area contributed by atoms with Gasteiger partial charge in [0.2, 0.25) is 0 Å². The first kappa shape index (κ1) is 14.8. The molecule has 0 spiro atoms. The molecule has 0 aromatic heterocycles. The number of phenolic OH excluding ortho intramolecular Hbond substituents is 1. The van der Waals surface area contributed by atoms with Crippen molar-refractivity contribution in [2.45, 2.75) is 19.3 Å². The number of carbonyl (C=O) groups is 1. The van der Waals surface area contributed by atoms with Gasteiger partial charge in [-0.15, -0.1) is 0 Å². The van der Waals surface area contributed by atoms with Crippen LogP contribution in [-0.2, 0) is 0 Å². The molecule has 0 saturated heterocycles. The Kier molecular flexibility index (Phi) is 3.31.